The number of aryl methyl sites for hydroxylation is 1. The van der Waals surface area contributed by atoms with Gasteiger partial charge in [-0.2, -0.15) is 4.31 Å². The van der Waals surface area contributed by atoms with E-state index in [2.05, 4.69) is 5.32 Å². The maximum Gasteiger partial charge on any atom is 0.293 e. The average molecular weight is 406 g/mol. The Bertz CT molecular complexity index is 970. The molecule has 3 rings (SSSR count). The van der Waals surface area contributed by atoms with Crippen LogP contribution in [0.15, 0.2) is 47.4 Å². The first-order valence-corrected chi connectivity index (χ1v) is 10.6. The number of nitro benzene ring substituents is 1. The van der Waals surface area contributed by atoms with Crippen LogP contribution in [-0.2, 0) is 16.6 Å². The summed E-state index contributed by atoms with van der Waals surface area (Å²) in [5.41, 5.74) is 2.16. The molecule has 0 bridgehead atoms. The van der Waals surface area contributed by atoms with E-state index in [9.17, 15) is 18.5 Å². The fraction of sp³-hybridized carbons (Fsp3) is 0.368. The Hall–Kier alpha value is -2.49. The number of nitro groups is 1. The molecular formula is C19H25N4O4S+. The molecule has 0 amide bonds. The number of quaternary nitrogens is 1. The molecule has 0 unspecified atom stereocenters. The molecule has 0 saturated carbocycles. The maximum atomic E-state index is 12.9. The highest BCUT2D eigenvalue weighted by Gasteiger charge is 2.31. The second-order valence-electron chi connectivity index (χ2n) is 7.08. The van der Waals surface area contributed by atoms with E-state index >= 15 is 0 Å². The summed E-state index contributed by atoms with van der Waals surface area (Å²) in [5, 5.41) is 14.6. The molecule has 8 nitrogen and oxygen atoms in total. The number of likely N-dealkylation sites (N-methyl/N-ethyl adjacent to an activating group) is 1. The zero-order valence-electron chi connectivity index (χ0n) is 16.0. The van der Waals surface area contributed by atoms with Crippen LogP contribution in [0.3, 0.4) is 0 Å². The van der Waals surface area contributed by atoms with Crippen LogP contribution >= 0.6 is 0 Å². The molecule has 9 heteroatoms. The van der Waals surface area contributed by atoms with E-state index in [-0.39, 0.29) is 10.6 Å². The van der Waals surface area contributed by atoms with E-state index in [1.54, 1.807) is 0 Å². The van der Waals surface area contributed by atoms with Crippen molar-refractivity contribution in [3.8, 4) is 0 Å². The number of nitrogens with one attached hydrogen (secondary N) is 2. The van der Waals surface area contributed by atoms with Crippen LogP contribution < -0.4 is 10.2 Å². The van der Waals surface area contributed by atoms with Crippen molar-refractivity contribution in [2.24, 2.45) is 0 Å². The number of piperazine rings is 1. The Morgan fingerprint density at radius 2 is 1.86 bits per heavy atom. The number of benzene rings is 2. The molecule has 28 heavy (non-hydrogen) atoms. The molecule has 0 spiro atoms. The first kappa shape index (κ1) is 20.2. The second kappa shape index (κ2) is 8.26. The van der Waals surface area contributed by atoms with Gasteiger partial charge in [0.15, 0.2) is 0 Å². The standard InChI is InChI=1S/C19H24N4O4S/c1-15-5-3-4-6-16(15)14-20-18-8-7-17(13-19(18)23(24)25)28(26,27)22-11-9-21(2)10-12-22/h3-8,13,20H,9-12,14H2,1-2H3/p+1. The van der Waals surface area contributed by atoms with Crippen LogP contribution in [0.2, 0.25) is 0 Å². The van der Waals surface area contributed by atoms with Gasteiger partial charge in [-0.1, -0.05) is 24.3 Å². The lowest BCUT2D eigenvalue weighted by Gasteiger charge is -2.29. The summed E-state index contributed by atoms with van der Waals surface area (Å²) in [6.07, 6.45) is 0. The molecule has 0 aliphatic carbocycles. The topological polar surface area (TPSA) is 97.0 Å². The summed E-state index contributed by atoms with van der Waals surface area (Å²) in [6.45, 7) is 4.65. The lowest BCUT2D eigenvalue weighted by atomic mass is 10.1. The van der Waals surface area contributed by atoms with Crippen LogP contribution in [0.5, 0.6) is 0 Å². The zero-order chi connectivity index (χ0) is 20.3. The highest BCUT2D eigenvalue weighted by Crippen LogP contribution is 2.29. The molecule has 1 aliphatic rings. The predicted molar refractivity (Wildman–Crippen MR) is 107 cm³/mol. The molecule has 1 heterocycles. The minimum absolute atomic E-state index is 0.0415. The Morgan fingerprint density at radius 1 is 1.18 bits per heavy atom. The minimum atomic E-state index is -3.74. The van der Waals surface area contributed by atoms with Crippen molar-refractivity contribution in [3.63, 3.8) is 0 Å². The summed E-state index contributed by atoms with van der Waals surface area (Å²) < 4.78 is 27.2. The van der Waals surface area contributed by atoms with Gasteiger partial charge >= 0.3 is 0 Å². The highest BCUT2D eigenvalue weighted by atomic mass is 32.2. The third-order valence-corrected chi connectivity index (χ3v) is 7.00. The molecule has 1 saturated heterocycles. The van der Waals surface area contributed by atoms with Crippen molar-refractivity contribution in [3.05, 3.63) is 63.7 Å². The molecule has 1 aliphatic heterocycles. The number of nitrogens with zero attached hydrogens (tertiary/aromatic N) is 2. The van der Waals surface area contributed by atoms with Gasteiger partial charge in [0, 0.05) is 12.6 Å². The number of hydrogen-bond donors (Lipinski definition) is 2. The summed E-state index contributed by atoms with van der Waals surface area (Å²) in [7, 11) is -1.73. The van der Waals surface area contributed by atoms with E-state index in [0.717, 1.165) is 30.3 Å². The Morgan fingerprint density at radius 3 is 2.50 bits per heavy atom. The predicted octanol–water partition coefficient (Wildman–Crippen LogP) is 1.03. The molecular weight excluding hydrogens is 380 g/mol. The molecule has 0 radical (unpaired) electrons. The van der Waals surface area contributed by atoms with Crippen molar-refractivity contribution in [1.82, 2.24) is 4.31 Å². The van der Waals surface area contributed by atoms with Crippen molar-refractivity contribution < 1.29 is 18.2 Å². The molecule has 2 aromatic rings. The number of hydrogen-bond acceptors (Lipinski definition) is 5. The van der Waals surface area contributed by atoms with Crippen LogP contribution in [-0.4, -0.2) is 50.9 Å². The average Bonchev–Trinajstić information content (AvgIpc) is 2.67. The summed E-state index contributed by atoms with van der Waals surface area (Å²) in [6, 6.07) is 11.8. The summed E-state index contributed by atoms with van der Waals surface area (Å²) in [4.78, 5) is 12.2. The van der Waals surface area contributed by atoms with Gasteiger partial charge in [-0.15, -0.1) is 0 Å². The van der Waals surface area contributed by atoms with Crippen LogP contribution in [0.1, 0.15) is 11.1 Å². The lowest BCUT2D eigenvalue weighted by Crippen LogP contribution is -3.12. The zero-order valence-corrected chi connectivity index (χ0v) is 16.8. The molecule has 0 atom stereocenters. The molecule has 150 valence electrons. The highest BCUT2D eigenvalue weighted by molar-refractivity contribution is 7.89. The summed E-state index contributed by atoms with van der Waals surface area (Å²) in [5.74, 6) is 0. The molecule has 2 N–H and O–H groups in total. The fourth-order valence-corrected chi connectivity index (χ4v) is 4.69. The molecule has 0 aromatic heterocycles. The number of sulfonamides is 1. The van der Waals surface area contributed by atoms with Crippen LogP contribution in [0.4, 0.5) is 11.4 Å². The monoisotopic (exact) mass is 405 g/mol. The molecule has 1 fully saturated rings. The van der Waals surface area contributed by atoms with Gasteiger partial charge in [-0.25, -0.2) is 8.42 Å². The van der Waals surface area contributed by atoms with Gasteiger partial charge in [0.1, 0.15) is 5.69 Å². The van der Waals surface area contributed by atoms with Gasteiger partial charge in [0.25, 0.3) is 5.69 Å². The van der Waals surface area contributed by atoms with E-state index in [4.69, 9.17) is 0 Å². The SMILES string of the molecule is Cc1ccccc1CNc1ccc(S(=O)(=O)N2CC[NH+](C)CC2)cc1[N+](=O)[O-]. The quantitative estimate of drug-likeness (QED) is 0.553. The number of rotatable bonds is 6. The van der Waals surface area contributed by atoms with E-state index < -0.39 is 14.9 Å². The largest absolute Gasteiger partial charge is 0.375 e. The maximum absolute atomic E-state index is 12.9. The van der Waals surface area contributed by atoms with Crippen molar-refractivity contribution >= 4 is 21.4 Å². The Kier molecular flexibility index (Phi) is 5.97. The van der Waals surface area contributed by atoms with Gasteiger partial charge in [0.2, 0.25) is 10.0 Å². The van der Waals surface area contributed by atoms with E-state index in [1.165, 1.54) is 21.3 Å². The van der Waals surface area contributed by atoms with Gasteiger partial charge in [-0.3, -0.25) is 10.1 Å². The van der Waals surface area contributed by atoms with Gasteiger partial charge in [0.05, 0.1) is 43.0 Å². The molecule has 2 aromatic carbocycles. The van der Waals surface area contributed by atoms with Gasteiger partial charge < -0.3 is 10.2 Å². The summed E-state index contributed by atoms with van der Waals surface area (Å²) >= 11 is 0. The van der Waals surface area contributed by atoms with Crippen molar-refractivity contribution in [2.75, 3.05) is 38.5 Å². The second-order valence-corrected chi connectivity index (χ2v) is 9.02. The minimum Gasteiger partial charge on any atom is -0.375 e. The third kappa shape index (κ3) is 4.32. The first-order chi connectivity index (χ1) is 13.3. The third-order valence-electron chi connectivity index (χ3n) is 5.11. The van der Waals surface area contributed by atoms with E-state index in [1.807, 2.05) is 38.2 Å². The first-order valence-electron chi connectivity index (χ1n) is 9.17. The Balaban J connectivity index is 1.85. The number of anilines is 1. The van der Waals surface area contributed by atoms with Crippen molar-refractivity contribution in [2.45, 2.75) is 18.4 Å². The van der Waals surface area contributed by atoms with E-state index in [0.29, 0.717) is 25.3 Å². The van der Waals surface area contributed by atoms with Crippen LogP contribution in [0, 0.1) is 17.0 Å². The lowest BCUT2D eigenvalue weighted by molar-refractivity contribution is -0.883. The van der Waals surface area contributed by atoms with Crippen molar-refractivity contribution in [1.29, 1.82) is 0 Å². The fourth-order valence-electron chi connectivity index (χ4n) is 3.23. The normalized spacial score (nSPS) is 16.1. The van der Waals surface area contributed by atoms with Crippen LogP contribution in [0.25, 0.3) is 0 Å². The van der Waals surface area contributed by atoms with Gasteiger partial charge in [-0.05, 0) is 30.2 Å². The smallest absolute Gasteiger partial charge is 0.293 e. The Labute approximate surface area is 165 Å².